The van der Waals surface area contributed by atoms with Gasteiger partial charge >= 0.3 is 0 Å². The summed E-state index contributed by atoms with van der Waals surface area (Å²) in [6.45, 7) is 2.60. The van der Waals surface area contributed by atoms with Crippen molar-refractivity contribution >= 4 is 5.69 Å². The average Bonchev–Trinajstić information content (AvgIpc) is 2.38. The number of phenols is 1. The Kier molecular flexibility index (Phi) is 4.09. The highest BCUT2D eigenvalue weighted by Gasteiger charge is 2.13. The third-order valence-corrected chi connectivity index (χ3v) is 3.03. The molecule has 1 saturated heterocycles. The molecule has 2 N–H and O–H groups in total. The first-order valence-corrected chi connectivity index (χ1v) is 5.98. The molecule has 0 radical (unpaired) electrons. The summed E-state index contributed by atoms with van der Waals surface area (Å²) >= 11 is 0. The quantitative estimate of drug-likeness (QED) is 0.843. The van der Waals surface area contributed by atoms with Gasteiger partial charge in [-0.25, -0.2) is 0 Å². The maximum atomic E-state index is 9.64. The van der Waals surface area contributed by atoms with Crippen molar-refractivity contribution in [3.05, 3.63) is 18.2 Å². The van der Waals surface area contributed by atoms with Crippen LogP contribution in [-0.4, -0.2) is 32.0 Å². The number of anilines is 1. The first kappa shape index (κ1) is 12.0. The van der Waals surface area contributed by atoms with Gasteiger partial charge in [-0.3, -0.25) is 0 Å². The zero-order valence-corrected chi connectivity index (χ0v) is 10.1. The van der Waals surface area contributed by atoms with Gasteiger partial charge in [0.25, 0.3) is 0 Å². The molecule has 0 saturated carbocycles. The summed E-state index contributed by atoms with van der Waals surface area (Å²) in [7, 11) is 1.54. The fourth-order valence-corrected chi connectivity index (χ4v) is 2.03. The van der Waals surface area contributed by atoms with Crippen LogP contribution in [0, 0.1) is 5.92 Å². The molecule has 17 heavy (non-hydrogen) atoms. The minimum Gasteiger partial charge on any atom is -0.504 e. The van der Waals surface area contributed by atoms with Crippen LogP contribution in [-0.2, 0) is 4.74 Å². The van der Waals surface area contributed by atoms with Crippen molar-refractivity contribution in [1.29, 1.82) is 0 Å². The fourth-order valence-electron chi connectivity index (χ4n) is 2.03. The summed E-state index contributed by atoms with van der Waals surface area (Å²) in [6, 6.07) is 5.35. The Hall–Kier alpha value is -1.42. The molecule has 0 bridgehead atoms. The third-order valence-electron chi connectivity index (χ3n) is 3.03. The Morgan fingerprint density at radius 2 is 2.41 bits per heavy atom. The largest absolute Gasteiger partial charge is 0.504 e. The van der Waals surface area contributed by atoms with Crippen molar-refractivity contribution in [3.63, 3.8) is 0 Å². The average molecular weight is 237 g/mol. The maximum Gasteiger partial charge on any atom is 0.160 e. The standard InChI is InChI=1S/C13H19NO3/c1-16-13-5-4-11(7-12(13)15)14-8-10-3-2-6-17-9-10/h4-5,7,10,14-15H,2-3,6,8-9H2,1H3. The van der Waals surface area contributed by atoms with Gasteiger partial charge in [0.15, 0.2) is 11.5 Å². The van der Waals surface area contributed by atoms with Crippen LogP contribution in [0.3, 0.4) is 0 Å². The van der Waals surface area contributed by atoms with Crippen molar-refractivity contribution in [2.24, 2.45) is 5.92 Å². The molecule has 0 amide bonds. The van der Waals surface area contributed by atoms with Gasteiger partial charge in [-0.15, -0.1) is 0 Å². The third kappa shape index (κ3) is 3.27. The lowest BCUT2D eigenvalue weighted by molar-refractivity contribution is 0.0595. The molecule has 0 aliphatic carbocycles. The maximum absolute atomic E-state index is 9.64. The molecular weight excluding hydrogens is 218 g/mol. The van der Waals surface area contributed by atoms with Crippen LogP contribution in [0.1, 0.15) is 12.8 Å². The smallest absolute Gasteiger partial charge is 0.160 e. The van der Waals surface area contributed by atoms with E-state index in [1.165, 1.54) is 6.42 Å². The SMILES string of the molecule is COc1ccc(NCC2CCCOC2)cc1O. The number of rotatable bonds is 4. The molecule has 0 aromatic heterocycles. The van der Waals surface area contributed by atoms with E-state index in [-0.39, 0.29) is 5.75 Å². The first-order chi connectivity index (χ1) is 8.29. The molecule has 1 aliphatic heterocycles. The number of phenolic OH excluding ortho intramolecular Hbond substituents is 1. The first-order valence-electron chi connectivity index (χ1n) is 5.98. The van der Waals surface area contributed by atoms with E-state index in [9.17, 15) is 5.11 Å². The highest BCUT2D eigenvalue weighted by atomic mass is 16.5. The summed E-state index contributed by atoms with van der Waals surface area (Å²) in [4.78, 5) is 0. The highest BCUT2D eigenvalue weighted by Crippen LogP contribution is 2.28. The van der Waals surface area contributed by atoms with Crippen LogP contribution in [0.15, 0.2) is 18.2 Å². The summed E-state index contributed by atoms with van der Waals surface area (Å²) in [6.07, 6.45) is 2.34. The fraction of sp³-hybridized carbons (Fsp3) is 0.538. The molecule has 1 aliphatic rings. The van der Waals surface area contributed by atoms with E-state index < -0.39 is 0 Å². The summed E-state index contributed by atoms with van der Waals surface area (Å²) in [5, 5.41) is 12.9. The van der Waals surface area contributed by atoms with E-state index in [4.69, 9.17) is 9.47 Å². The Morgan fingerprint density at radius 3 is 3.06 bits per heavy atom. The van der Waals surface area contributed by atoms with E-state index in [1.54, 1.807) is 19.2 Å². The Labute approximate surface area is 102 Å². The highest BCUT2D eigenvalue weighted by molar-refractivity contribution is 5.54. The van der Waals surface area contributed by atoms with Crippen LogP contribution >= 0.6 is 0 Å². The van der Waals surface area contributed by atoms with Crippen molar-refractivity contribution < 1.29 is 14.6 Å². The molecular formula is C13H19NO3. The predicted molar refractivity (Wildman–Crippen MR) is 66.7 cm³/mol. The van der Waals surface area contributed by atoms with E-state index in [2.05, 4.69) is 5.32 Å². The van der Waals surface area contributed by atoms with Gasteiger partial charge in [0.2, 0.25) is 0 Å². The van der Waals surface area contributed by atoms with Crippen molar-refractivity contribution in [2.45, 2.75) is 12.8 Å². The van der Waals surface area contributed by atoms with Gasteiger partial charge in [-0.2, -0.15) is 0 Å². The van der Waals surface area contributed by atoms with Gasteiger partial charge in [0.1, 0.15) is 0 Å². The van der Waals surface area contributed by atoms with Gasteiger partial charge in [0, 0.05) is 24.9 Å². The zero-order chi connectivity index (χ0) is 12.1. The molecule has 4 nitrogen and oxygen atoms in total. The number of aromatic hydroxyl groups is 1. The number of nitrogens with one attached hydrogen (secondary N) is 1. The lowest BCUT2D eigenvalue weighted by Gasteiger charge is -2.22. The lowest BCUT2D eigenvalue weighted by atomic mass is 10.0. The molecule has 94 valence electrons. The number of ether oxygens (including phenoxy) is 2. The van der Waals surface area contributed by atoms with Gasteiger partial charge < -0.3 is 19.9 Å². The second-order valence-corrected chi connectivity index (χ2v) is 4.35. The van der Waals surface area contributed by atoms with E-state index in [0.29, 0.717) is 11.7 Å². The van der Waals surface area contributed by atoms with E-state index in [1.807, 2.05) is 6.07 Å². The summed E-state index contributed by atoms with van der Waals surface area (Å²) in [5.74, 6) is 1.22. The van der Waals surface area contributed by atoms with Crippen LogP contribution in [0.2, 0.25) is 0 Å². The van der Waals surface area contributed by atoms with Gasteiger partial charge in [-0.1, -0.05) is 0 Å². The molecule has 1 fully saturated rings. The number of hydrogen-bond donors (Lipinski definition) is 2. The predicted octanol–water partition coefficient (Wildman–Crippen LogP) is 2.24. The van der Waals surface area contributed by atoms with Crippen LogP contribution < -0.4 is 10.1 Å². The molecule has 1 heterocycles. The Balaban J connectivity index is 1.87. The second kappa shape index (κ2) is 5.77. The molecule has 1 aromatic carbocycles. The van der Waals surface area contributed by atoms with Crippen molar-refractivity contribution in [2.75, 3.05) is 32.2 Å². The van der Waals surface area contributed by atoms with Crippen LogP contribution in [0.25, 0.3) is 0 Å². The monoisotopic (exact) mass is 237 g/mol. The van der Waals surface area contributed by atoms with E-state index >= 15 is 0 Å². The molecule has 2 rings (SSSR count). The van der Waals surface area contributed by atoms with E-state index in [0.717, 1.165) is 31.9 Å². The Morgan fingerprint density at radius 1 is 1.53 bits per heavy atom. The molecule has 1 unspecified atom stereocenters. The normalized spacial score (nSPS) is 19.9. The lowest BCUT2D eigenvalue weighted by Crippen LogP contribution is -2.24. The summed E-state index contributed by atoms with van der Waals surface area (Å²) in [5.41, 5.74) is 0.911. The van der Waals surface area contributed by atoms with Gasteiger partial charge in [-0.05, 0) is 30.9 Å². The topological polar surface area (TPSA) is 50.7 Å². The van der Waals surface area contributed by atoms with Crippen molar-refractivity contribution in [1.82, 2.24) is 0 Å². The molecule has 0 spiro atoms. The minimum atomic E-state index is 0.164. The molecule has 1 atom stereocenters. The Bertz CT molecular complexity index is 362. The van der Waals surface area contributed by atoms with Gasteiger partial charge in [0.05, 0.1) is 13.7 Å². The number of hydrogen-bond acceptors (Lipinski definition) is 4. The molecule has 4 heteroatoms. The molecule has 1 aromatic rings. The minimum absolute atomic E-state index is 0.164. The van der Waals surface area contributed by atoms with Crippen LogP contribution in [0.5, 0.6) is 11.5 Å². The zero-order valence-electron chi connectivity index (χ0n) is 10.1. The van der Waals surface area contributed by atoms with Crippen molar-refractivity contribution in [3.8, 4) is 11.5 Å². The number of methoxy groups -OCH3 is 1. The second-order valence-electron chi connectivity index (χ2n) is 4.35. The van der Waals surface area contributed by atoms with Crippen LogP contribution in [0.4, 0.5) is 5.69 Å². The summed E-state index contributed by atoms with van der Waals surface area (Å²) < 4.78 is 10.4. The number of benzene rings is 1.